The third-order valence-electron chi connectivity index (χ3n) is 4.83. The standard InChI is InChI=1S/C23H29FN4O4/c1-23(2,3)32-22(30)28-13-11-27(12-14-28)19-10-9-16(15-17(19)24)25-21(29)26-18-7-5-6-8-20(18)31-4/h5-10,15H,11-14H2,1-4H3,(H2,25,26,29). The second-order valence-electron chi connectivity index (χ2n) is 8.40. The minimum Gasteiger partial charge on any atom is -0.495 e. The van der Waals surface area contributed by atoms with Crippen LogP contribution in [0.5, 0.6) is 5.75 Å². The number of para-hydroxylation sites is 2. The van der Waals surface area contributed by atoms with Crippen molar-refractivity contribution in [3.8, 4) is 5.75 Å². The molecule has 3 rings (SSSR count). The zero-order valence-electron chi connectivity index (χ0n) is 18.8. The number of rotatable bonds is 4. The maximum atomic E-state index is 14.8. The molecule has 0 saturated carbocycles. The van der Waals surface area contributed by atoms with E-state index < -0.39 is 17.4 Å². The largest absolute Gasteiger partial charge is 0.495 e. The lowest BCUT2D eigenvalue weighted by molar-refractivity contribution is 0.0240. The Morgan fingerprint density at radius 3 is 2.31 bits per heavy atom. The van der Waals surface area contributed by atoms with Gasteiger partial charge in [0, 0.05) is 31.9 Å². The van der Waals surface area contributed by atoms with Gasteiger partial charge in [-0.05, 0) is 51.1 Å². The Kier molecular flexibility index (Phi) is 7.07. The summed E-state index contributed by atoms with van der Waals surface area (Å²) in [5.74, 6) is 0.0699. The highest BCUT2D eigenvalue weighted by molar-refractivity contribution is 6.00. The number of piperazine rings is 1. The molecular formula is C23H29FN4O4. The van der Waals surface area contributed by atoms with Crippen LogP contribution in [0.25, 0.3) is 0 Å². The molecule has 0 aliphatic carbocycles. The predicted octanol–water partition coefficient (Wildman–Crippen LogP) is 4.54. The fourth-order valence-electron chi connectivity index (χ4n) is 3.33. The van der Waals surface area contributed by atoms with Crippen LogP contribution in [0.1, 0.15) is 20.8 Å². The maximum Gasteiger partial charge on any atom is 0.410 e. The van der Waals surface area contributed by atoms with Crippen LogP contribution >= 0.6 is 0 Å². The molecule has 9 heteroatoms. The Morgan fingerprint density at radius 2 is 1.69 bits per heavy atom. The zero-order chi connectivity index (χ0) is 23.3. The Balaban J connectivity index is 1.57. The normalized spacial score (nSPS) is 14.0. The highest BCUT2D eigenvalue weighted by Gasteiger charge is 2.26. The van der Waals surface area contributed by atoms with Crippen LogP contribution in [0.3, 0.4) is 0 Å². The number of nitrogens with zero attached hydrogens (tertiary/aromatic N) is 2. The number of ether oxygens (including phenoxy) is 2. The van der Waals surface area contributed by atoms with Crippen LogP contribution in [-0.2, 0) is 4.74 Å². The van der Waals surface area contributed by atoms with Gasteiger partial charge in [-0.1, -0.05) is 12.1 Å². The molecule has 3 amide bonds. The highest BCUT2D eigenvalue weighted by Crippen LogP contribution is 2.26. The topological polar surface area (TPSA) is 83.1 Å². The van der Waals surface area contributed by atoms with E-state index in [1.807, 2.05) is 25.7 Å². The lowest BCUT2D eigenvalue weighted by Crippen LogP contribution is -2.50. The van der Waals surface area contributed by atoms with Gasteiger partial charge in [0.25, 0.3) is 0 Å². The number of methoxy groups -OCH3 is 1. The van der Waals surface area contributed by atoms with Crippen LogP contribution < -0.4 is 20.3 Å². The predicted molar refractivity (Wildman–Crippen MR) is 122 cm³/mol. The summed E-state index contributed by atoms with van der Waals surface area (Å²) in [6, 6.07) is 11.0. The maximum absolute atomic E-state index is 14.8. The number of amides is 3. The third kappa shape index (κ3) is 6.03. The van der Waals surface area contributed by atoms with Crippen molar-refractivity contribution in [2.45, 2.75) is 26.4 Å². The van der Waals surface area contributed by atoms with E-state index in [2.05, 4.69) is 10.6 Å². The molecule has 0 aromatic heterocycles. The quantitative estimate of drug-likeness (QED) is 0.724. The van der Waals surface area contributed by atoms with Gasteiger partial charge < -0.3 is 29.9 Å². The molecule has 1 heterocycles. The number of benzene rings is 2. The number of anilines is 3. The number of halogens is 1. The molecule has 1 aliphatic rings. The van der Waals surface area contributed by atoms with E-state index in [0.717, 1.165) is 0 Å². The van der Waals surface area contributed by atoms with E-state index in [9.17, 15) is 14.0 Å². The van der Waals surface area contributed by atoms with Crippen molar-refractivity contribution in [1.29, 1.82) is 0 Å². The summed E-state index contributed by atoms with van der Waals surface area (Å²) in [5, 5.41) is 5.30. The molecular weight excluding hydrogens is 415 g/mol. The van der Waals surface area contributed by atoms with E-state index in [1.54, 1.807) is 41.3 Å². The number of carbonyl (C=O) groups is 2. The van der Waals surface area contributed by atoms with Crippen molar-refractivity contribution in [3.63, 3.8) is 0 Å². The molecule has 0 atom stereocenters. The molecule has 1 aliphatic heterocycles. The second-order valence-corrected chi connectivity index (χ2v) is 8.40. The fraction of sp³-hybridized carbons (Fsp3) is 0.391. The van der Waals surface area contributed by atoms with Gasteiger partial charge in [-0.2, -0.15) is 0 Å². The van der Waals surface area contributed by atoms with Gasteiger partial charge in [-0.15, -0.1) is 0 Å². The van der Waals surface area contributed by atoms with Crippen molar-refractivity contribution in [3.05, 3.63) is 48.3 Å². The zero-order valence-corrected chi connectivity index (χ0v) is 18.8. The smallest absolute Gasteiger partial charge is 0.410 e. The van der Waals surface area contributed by atoms with Crippen molar-refractivity contribution in [2.75, 3.05) is 48.8 Å². The van der Waals surface area contributed by atoms with Gasteiger partial charge >= 0.3 is 12.1 Å². The Hall–Kier alpha value is -3.49. The van der Waals surface area contributed by atoms with Crippen LogP contribution in [-0.4, -0.2) is 55.9 Å². The number of urea groups is 1. The number of hydrogen-bond acceptors (Lipinski definition) is 5. The Bertz CT molecular complexity index is 969. The van der Waals surface area contributed by atoms with Crippen molar-refractivity contribution in [1.82, 2.24) is 4.90 Å². The van der Waals surface area contributed by atoms with E-state index >= 15 is 0 Å². The average Bonchev–Trinajstić information content (AvgIpc) is 2.73. The molecule has 1 saturated heterocycles. The first-order valence-electron chi connectivity index (χ1n) is 10.4. The first kappa shape index (κ1) is 23.2. The number of carbonyl (C=O) groups excluding carboxylic acids is 2. The Labute approximate surface area is 187 Å². The number of nitrogens with one attached hydrogen (secondary N) is 2. The lowest BCUT2D eigenvalue weighted by Gasteiger charge is -2.36. The molecule has 2 N–H and O–H groups in total. The summed E-state index contributed by atoms with van der Waals surface area (Å²) < 4.78 is 25.4. The summed E-state index contributed by atoms with van der Waals surface area (Å²) in [6.07, 6.45) is -0.363. The first-order chi connectivity index (χ1) is 15.2. The third-order valence-corrected chi connectivity index (χ3v) is 4.83. The summed E-state index contributed by atoms with van der Waals surface area (Å²) in [5.41, 5.74) is 0.698. The van der Waals surface area contributed by atoms with Gasteiger partial charge in [-0.25, -0.2) is 14.0 Å². The van der Waals surface area contributed by atoms with Crippen molar-refractivity contribution in [2.24, 2.45) is 0 Å². The second kappa shape index (κ2) is 9.76. The monoisotopic (exact) mass is 444 g/mol. The van der Waals surface area contributed by atoms with Crippen LogP contribution in [0.15, 0.2) is 42.5 Å². The molecule has 172 valence electrons. The van der Waals surface area contributed by atoms with Gasteiger partial charge in [-0.3, -0.25) is 0 Å². The van der Waals surface area contributed by atoms with Gasteiger partial charge in [0.2, 0.25) is 0 Å². The van der Waals surface area contributed by atoms with Crippen LogP contribution in [0.2, 0.25) is 0 Å². The molecule has 0 bridgehead atoms. The molecule has 0 radical (unpaired) electrons. The minimum absolute atomic E-state index is 0.325. The average molecular weight is 445 g/mol. The van der Waals surface area contributed by atoms with E-state index in [-0.39, 0.29) is 6.09 Å². The summed E-state index contributed by atoms with van der Waals surface area (Å²) in [7, 11) is 1.51. The molecule has 8 nitrogen and oxygen atoms in total. The van der Waals surface area contributed by atoms with Gasteiger partial charge in [0.1, 0.15) is 17.2 Å². The van der Waals surface area contributed by atoms with Crippen molar-refractivity contribution >= 4 is 29.2 Å². The molecule has 2 aromatic carbocycles. The number of hydrogen-bond donors (Lipinski definition) is 2. The van der Waals surface area contributed by atoms with Gasteiger partial charge in [0.15, 0.2) is 0 Å². The van der Waals surface area contributed by atoms with Crippen molar-refractivity contribution < 1.29 is 23.5 Å². The molecule has 0 unspecified atom stereocenters. The van der Waals surface area contributed by atoms with Crippen LogP contribution in [0, 0.1) is 5.82 Å². The highest BCUT2D eigenvalue weighted by atomic mass is 19.1. The molecule has 0 spiro atoms. The van der Waals surface area contributed by atoms with E-state index in [4.69, 9.17) is 9.47 Å². The molecule has 2 aromatic rings. The van der Waals surface area contributed by atoms with Crippen LogP contribution in [0.4, 0.5) is 31.0 Å². The summed E-state index contributed by atoms with van der Waals surface area (Å²) in [6.45, 7) is 7.31. The molecule has 32 heavy (non-hydrogen) atoms. The fourth-order valence-corrected chi connectivity index (χ4v) is 3.33. The first-order valence-corrected chi connectivity index (χ1v) is 10.4. The van der Waals surface area contributed by atoms with E-state index in [1.165, 1.54) is 13.2 Å². The SMILES string of the molecule is COc1ccccc1NC(=O)Nc1ccc(N2CCN(C(=O)OC(C)(C)C)CC2)c(F)c1. The summed E-state index contributed by atoms with van der Waals surface area (Å²) in [4.78, 5) is 28.0. The van der Waals surface area contributed by atoms with E-state index in [0.29, 0.717) is 49.0 Å². The Morgan fingerprint density at radius 1 is 1.00 bits per heavy atom. The minimum atomic E-state index is -0.554. The summed E-state index contributed by atoms with van der Waals surface area (Å²) >= 11 is 0. The molecule has 1 fully saturated rings. The lowest BCUT2D eigenvalue weighted by atomic mass is 10.2. The van der Waals surface area contributed by atoms with Gasteiger partial charge in [0.05, 0.1) is 18.5 Å².